The number of rotatable bonds is 11. The summed E-state index contributed by atoms with van der Waals surface area (Å²) in [6.45, 7) is 7.62. The number of hydrogen-bond acceptors (Lipinski definition) is 7. The van der Waals surface area contributed by atoms with Crippen LogP contribution < -0.4 is 71.3 Å². The molecule has 1 unspecified atom stereocenters. The van der Waals surface area contributed by atoms with Gasteiger partial charge in [-0.3, -0.25) is 8.88 Å². The van der Waals surface area contributed by atoms with Gasteiger partial charge >= 0.3 is 56.6 Å². The molecule has 140 valence electrons. The van der Waals surface area contributed by atoms with Crippen molar-refractivity contribution in [2.45, 2.75) is 53.4 Å². The van der Waals surface area contributed by atoms with Crippen molar-refractivity contribution in [2.24, 2.45) is 0 Å². The van der Waals surface area contributed by atoms with Gasteiger partial charge in [-0.25, -0.2) is 0 Å². The van der Waals surface area contributed by atoms with Gasteiger partial charge in [-0.2, -0.15) is 0 Å². The van der Waals surface area contributed by atoms with Gasteiger partial charge in [-0.15, -0.1) is 0 Å². The van der Waals surface area contributed by atoms with Gasteiger partial charge in [0.25, 0.3) is 7.82 Å². The second kappa shape index (κ2) is 18.1. The van der Waals surface area contributed by atoms with Crippen LogP contribution in [0.2, 0.25) is 0 Å². The Balaban J connectivity index is -0.000000882. The van der Waals surface area contributed by atoms with E-state index in [9.17, 15) is 23.8 Å². The minimum Gasteiger partial charge on any atom is -0.790 e. The zero-order valence-corrected chi connectivity index (χ0v) is 19.3. The third kappa shape index (κ3) is 25.2. The van der Waals surface area contributed by atoms with E-state index in [0.29, 0.717) is 0 Å². The molecule has 0 heterocycles. The third-order valence-corrected chi connectivity index (χ3v) is 5.05. The van der Waals surface area contributed by atoms with Gasteiger partial charge in [-0.1, -0.05) is 34.9 Å². The molecule has 1 atom stereocenters. The van der Waals surface area contributed by atoms with E-state index in [4.69, 9.17) is 0 Å². The molecule has 0 rings (SSSR count). The Morgan fingerprint density at radius 3 is 1.70 bits per heavy atom. The van der Waals surface area contributed by atoms with Crippen molar-refractivity contribution < 1.29 is 89.2 Å². The maximum absolute atomic E-state index is 11.0. The van der Waals surface area contributed by atoms with Crippen LogP contribution in [0.5, 0.6) is 0 Å². The predicted molar refractivity (Wildman–Crippen MR) is 87.7 cm³/mol. The third-order valence-electron chi connectivity index (χ3n) is 2.99. The van der Waals surface area contributed by atoms with Crippen molar-refractivity contribution in [2.75, 3.05) is 6.61 Å². The summed E-state index contributed by atoms with van der Waals surface area (Å²) in [7, 11) is -10.8. The molecule has 27 heavy (non-hydrogen) atoms. The maximum Gasteiger partial charge on any atom is 1.00 e. The van der Waals surface area contributed by atoms with Gasteiger partial charge in [0.15, 0.2) is 0 Å². The molecule has 0 aromatic heterocycles. The van der Waals surface area contributed by atoms with E-state index in [1.165, 1.54) is 17.2 Å². The molecular formula is C15H25Li3O7P2. The van der Waals surface area contributed by atoms with Gasteiger partial charge in [0.05, 0.1) is 14.4 Å². The van der Waals surface area contributed by atoms with Crippen LogP contribution in [-0.4, -0.2) is 6.61 Å². The van der Waals surface area contributed by atoms with Crippen molar-refractivity contribution in [1.29, 1.82) is 0 Å². The van der Waals surface area contributed by atoms with Crippen LogP contribution in [0.15, 0.2) is 34.9 Å². The minimum atomic E-state index is -5.63. The Bertz CT molecular complexity index is 582. The fraction of sp³-hybridized carbons (Fsp3) is 0.600. The van der Waals surface area contributed by atoms with Crippen LogP contribution >= 0.6 is 15.6 Å². The SMILES string of the molecule is CC(C)=CCCC(C)=CCCC(C)=CCOP(=O)([O-])OP(=O)([O-])[O-].[Li+].[Li+].[Li+]. The van der Waals surface area contributed by atoms with Crippen LogP contribution in [0.1, 0.15) is 53.4 Å². The van der Waals surface area contributed by atoms with E-state index in [-0.39, 0.29) is 63.2 Å². The van der Waals surface area contributed by atoms with E-state index >= 15 is 0 Å². The molecule has 0 aliphatic heterocycles. The van der Waals surface area contributed by atoms with Crippen LogP contribution in [0.25, 0.3) is 0 Å². The fourth-order valence-electron chi connectivity index (χ4n) is 1.76. The molecule has 0 amide bonds. The Kier molecular flexibility index (Phi) is 23.9. The first kappa shape index (κ1) is 35.7. The van der Waals surface area contributed by atoms with Crippen molar-refractivity contribution >= 4 is 15.6 Å². The van der Waals surface area contributed by atoms with E-state index in [2.05, 4.69) is 41.8 Å². The average Bonchev–Trinajstić information content (AvgIpc) is 2.34. The monoisotopic (exact) mass is 400 g/mol. The first-order chi connectivity index (χ1) is 10.9. The molecule has 0 saturated carbocycles. The maximum atomic E-state index is 11.0. The first-order valence-electron chi connectivity index (χ1n) is 7.55. The molecule has 7 nitrogen and oxygen atoms in total. The van der Waals surface area contributed by atoms with E-state index in [0.717, 1.165) is 31.3 Å². The summed E-state index contributed by atoms with van der Waals surface area (Å²) in [5.74, 6) is 0. The molecule has 0 bridgehead atoms. The number of allylic oxidation sites excluding steroid dienone is 5. The summed E-state index contributed by atoms with van der Waals surface area (Å²) in [6, 6.07) is 0. The minimum absolute atomic E-state index is 0. The second-order valence-corrected chi connectivity index (χ2v) is 8.43. The topological polar surface area (TPSA) is 122 Å². The molecule has 0 aromatic rings. The van der Waals surface area contributed by atoms with Gasteiger partial charge < -0.3 is 23.8 Å². The van der Waals surface area contributed by atoms with Gasteiger partial charge in [0, 0.05) is 0 Å². The number of hydrogen-bond donors (Lipinski definition) is 0. The van der Waals surface area contributed by atoms with Crippen LogP contribution in [0.3, 0.4) is 0 Å². The van der Waals surface area contributed by atoms with Gasteiger partial charge in [-0.05, 0) is 53.4 Å². The van der Waals surface area contributed by atoms with E-state index in [1.807, 2.05) is 0 Å². The quantitative estimate of drug-likeness (QED) is 0.192. The molecule has 12 heteroatoms. The Morgan fingerprint density at radius 2 is 1.26 bits per heavy atom. The fourth-order valence-corrected chi connectivity index (χ4v) is 3.18. The second-order valence-electron chi connectivity index (χ2n) is 5.73. The van der Waals surface area contributed by atoms with Crippen LogP contribution in [0, 0.1) is 0 Å². The van der Waals surface area contributed by atoms with E-state index < -0.39 is 15.6 Å². The Labute approximate surface area is 198 Å². The molecule has 0 radical (unpaired) electrons. The average molecular weight is 400 g/mol. The van der Waals surface area contributed by atoms with Crippen LogP contribution in [-0.2, 0) is 18.0 Å². The molecule has 0 fully saturated rings. The zero-order chi connectivity index (χ0) is 18.8. The molecule has 0 spiro atoms. The van der Waals surface area contributed by atoms with E-state index in [1.54, 1.807) is 6.92 Å². The van der Waals surface area contributed by atoms with Crippen molar-refractivity contribution in [3.8, 4) is 0 Å². The predicted octanol–water partition coefficient (Wildman–Crippen LogP) is -6.25. The largest absolute Gasteiger partial charge is 1.00 e. The summed E-state index contributed by atoms with van der Waals surface area (Å²) in [5, 5.41) is 0. The number of phosphoric acid groups is 2. The summed E-state index contributed by atoms with van der Waals surface area (Å²) in [5.41, 5.74) is 3.47. The first-order valence-corrected chi connectivity index (χ1v) is 10.5. The molecule has 0 aromatic carbocycles. The Morgan fingerprint density at radius 1 is 0.815 bits per heavy atom. The van der Waals surface area contributed by atoms with Crippen molar-refractivity contribution in [3.05, 3.63) is 34.9 Å². The molecule has 0 saturated heterocycles. The Hall–Kier alpha value is 1.27. The molecule has 0 N–H and O–H groups in total. The van der Waals surface area contributed by atoms with Crippen molar-refractivity contribution in [1.82, 2.24) is 0 Å². The van der Waals surface area contributed by atoms with Gasteiger partial charge in [0.2, 0.25) is 0 Å². The summed E-state index contributed by atoms with van der Waals surface area (Å²) < 4.78 is 28.9. The van der Waals surface area contributed by atoms with Gasteiger partial charge in [0.1, 0.15) is 0 Å². The molecular weight excluding hydrogens is 375 g/mol. The zero-order valence-electron chi connectivity index (χ0n) is 17.5. The smallest absolute Gasteiger partial charge is 0.790 e. The summed E-state index contributed by atoms with van der Waals surface area (Å²) >= 11 is 0. The molecule has 0 aliphatic rings. The normalized spacial score (nSPS) is 14.2. The summed E-state index contributed by atoms with van der Waals surface area (Å²) in [6.07, 6.45) is 9.35. The van der Waals surface area contributed by atoms with Crippen LogP contribution in [0.4, 0.5) is 0 Å². The van der Waals surface area contributed by atoms with Crippen molar-refractivity contribution in [3.63, 3.8) is 0 Å². The molecule has 0 aliphatic carbocycles. The summed E-state index contributed by atoms with van der Waals surface area (Å²) in [4.78, 5) is 31.5. The number of phosphoric ester groups is 1. The standard InChI is InChI=1S/C15H28O7P2.3Li/c1-13(2)7-5-8-14(3)9-6-10-15(4)11-12-21-24(19,20)22-23(16,17)18;;;/h7,9,11H,5-6,8,10,12H2,1-4H3,(H,19,20)(H2,16,17,18);;;/q;3*+1/p-3.